The number of halogens is 1. The van der Waals surface area contributed by atoms with E-state index in [9.17, 15) is 0 Å². The summed E-state index contributed by atoms with van der Waals surface area (Å²) in [6.45, 7) is 5.88. The van der Waals surface area contributed by atoms with E-state index in [2.05, 4.69) is 21.0 Å². The topological polar surface area (TPSA) is 122 Å². The third-order valence-electron chi connectivity index (χ3n) is 3.19. The van der Waals surface area contributed by atoms with Gasteiger partial charge >= 0.3 is 0 Å². The molecule has 0 saturated heterocycles. The predicted molar refractivity (Wildman–Crippen MR) is 73.1 cm³/mol. The molecule has 0 unspecified atom stereocenters. The Morgan fingerprint density at radius 2 is 1.36 bits per heavy atom. The molecule has 0 bridgehead atoms. The Labute approximate surface area is 136 Å². The number of aliphatic hydroxyl groups excluding tert-OH is 1. The minimum atomic E-state index is -4.94. The van der Waals surface area contributed by atoms with Gasteiger partial charge in [-0.05, 0) is 12.8 Å². The van der Waals surface area contributed by atoms with Crippen LogP contribution in [0.1, 0.15) is 45.4 Å². The van der Waals surface area contributed by atoms with E-state index in [1.54, 1.807) is 0 Å². The van der Waals surface area contributed by atoms with Gasteiger partial charge in [0.15, 0.2) is 0 Å². The molecule has 0 aromatic rings. The van der Waals surface area contributed by atoms with Crippen molar-refractivity contribution in [1.82, 2.24) is 0 Å². The quantitative estimate of drug-likeness (QED) is 0.313. The van der Waals surface area contributed by atoms with Crippen LogP contribution in [0.15, 0.2) is 0 Å². The van der Waals surface area contributed by atoms with Crippen molar-refractivity contribution in [3.05, 3.63) is 0 Å². The number of rotatable bonds is 12. The summed E-state index contributed by atoms with van der Waals surface area (Å²) < 4.78 is 40.3. The van der Waals surface area contributed by atoms with Gasteiger partial charge in [-0.3, -0.25) is 0 Å². The van der Waals surface area contributed by atoms with E-state index in [-0.39, 0.29) is 6.61 Å². The molecule has 22 heavy (non-hydrogen) atoms. The number of quaternary nitrogens is 1. The van der Waals surface area contributed by atoms with Gasteiger partial charge in [0.05, 0.1) is 40.5 Å². The van der Waals surface area contributed by atoms with Crippen LogP contribution in [0.4, 0.5) is 0 Å². The Morgan fingerprint density at radius 3 is 1.86 bits per heavy atom. The zero-order valence-corrected chi connectivity index (χ0v) is 14.8. The van der Waals surface area contributed by atoms with Crippen molar-refractivity contribution in [2.45, 2.75) is 45.4 Å². The Kier molecular flexibility index (Phi) is 16.1. The Balaban J connectivity index is 0. The molecule has 0 spiro atoms. The molecule has 0 fully saturated rings. The molecule has 0 amide bonds. The van der Waals surface area contributed by atoms with Gasteiger partial charge in [-0.25, -0.2) is 18.6 Å². The zero-order valence-electron chi connectivity index (χ0n) is 14.1. The van der Waals surface area contributed by atoms with Crippen molar-refractivity contribution in [3.8, 4) is 0 Å². The number of unbranched alkanes of at least 4 members (excludes halogenated alkanes) is 5. The molecule has 0 aromatic heterocycles. The Bertz CT molecular complexity index is 230. The zero-order chi connectivity index (χ0) is 17.5. The Hall–Kier alpha value is 0.01000. The van der Waals surface area contributed by atoms with E-state index in [1.807, 2.05) is 0 Å². The SMILES string of the molecule is CCCCCCCC[N+](C)(C)CCOCCO.[O-][Cl+3]([O-])([O-])[O-]. The molecule has 136 valence electrons. The highest BCUT2D eigenvalue weighted by Gasteiger charge is 2.13. The lowest BCUT2D eigenvalue weighted by atomic mass is 10.1. The molecule has 0 aliphatic heterocycles. The number of aliphatic hydroxyl groups is 1. The second kappa shape index (κ2) is 14.6. The molecule has 0 heterocycles. The van der Waals surface area contributed by atoms with Crippen LogP contribution >= 0.6 is 0 Å². The van der Waals surface area contributed by atoms with Gasteiger partial charge in [-0.15, -0.1) is 10.2 Å². The minimum Gasteiger partial charge on any atom is -0.394 e. The number of nitrogens with zero attached hydrogens (tertiary/aromatic N) is 1. The molecule has 7 nitrogen and oxygen atoms in total. The van der Waals surface area contributed by atoms with Gasteiger partial charge in [0.25, 0.3) is 0 Å². The normalized spacial score (nSPS) is 12.0. The standard InChI is InChI=1S/C14H32NO2.ClHO4/c1-4-5-6-7-8-9-10-15(2,3)11-13-17-14-12-16;2-1(3,4)5/h16H,4-14H2,1-3H3;(H,2,3,4,5)/q+1;/p-1. The number of hydrogen-bond acceptors (Lipinski definition) is 6. The monoisotopic (exact) mass is 345 g/mol. The summed E-state index contributed by atoms with van der Waals surface area (Å²) in [5.41, 5.74) is 0. The lowest BCUT2D eigenvalue weighted by molar-refractivity contribution is -2.00. The van der Waals surface area contributed by atoms with E-state index in [4.69, 9.17) is 28.5 Å². The van der Waals surface area contributed by atoms with Gasteiger partial charge in [-0.1, -0.05) is 32.6 Å². The average Bonchev–Trinajstić information content (AvgIpc) is 2.37. The van der Waals surface area contributed by atoms with Crippen molar-refractivity contribution in [2.24, 2.45) is 0 Å². The fourth-order valence-electron chi connectivity index (χ4n) is 1.91. The molecule has 8 heteroatoms. The van der Waals surface area contributed by atoms with Crippen molar-refractivity contribution < 1.29 is 43.2 Å². The average molecular weight is 346 g/mol. The van der Waals surface area contributed by atoms with Gasteiger partial charge in [-0.2, -0.15) is 0 Å². The first-order valence-electron chi connectivity index (χ1n) is 7.74. The van der Waals surface area contributed by atoms with Crippen LogP contribution < -0.4 is 18.6 Å². The summed E-state index contributed by atoms with van der Waals surface area (Å²) in [7, 11) is -0.428. The van der Waals surface area contributed by atoms with Crippen LogP contribution in [0, 0.1) is 10.2 Å². The van der Waals surface area contributed by atoms with Gasteiger partial charge in [0.1, 0.15) is 6.54 Å². The highest BCUT2D eigenvalue weighted by atomic mass is 35.7. The third kappa shape index (κ3) is 28.2. The van der Waals surface area contributed by atoms with E-state index in [0.717, 1.165) is 17.6 Å². The lowest BCUT2D eigenvalue weighted by Gasteiger charge is -2.29. The van der Waals surface area contributed by atoms with Crippen LogP contribution in [0.5, 0.6) is 0 Å². The van der Waals surface area contributed by atoms with Crippen LogP contribution in [0.25, 0.3) is 0 Å². The summed E-state index contributed by atoms with van der Waals surface area (Å²) >= 11 is 0. The first kappa shape index (κ1) is 24.3. The molecule has 0 saturated carbocycles. The molecule has 0 aliphatic rings. The maximum Gasteiger partial charge on any atom is 0.102 e. The summed E-state index contributed by atoms with van der Waals surface area (Å²) in [6, 6.07) is 0. The molecular weight excluding hydrogens is 314 g/mol. The van der Waals surface area contributed by atoms with Gasteiger partial charge in [0, 0.05) is 0 Å². The molecule has 0 atom stereocenters. The van der Waals surface area contributed by atoms with Crippen molar-refractivity contribution in [1.29, 1.82) is 0 Å². The third-order valence-corrected chi connectivity index (χ3v) is 3.19. The lowest BCUT2D eigenvalue weighted by Crippen LogP contribution is -2.68. The largest absolute Gasteiger partial charge is 0.394 e. The molecule has 0 aromatic carbocycles. The first-order valence-corrected chi connectivity index (χ1v) is 8.98. The van der Waals surface area contributed by atoms with E-state index in [0.29, 0.717) is 6.61 Å². The fourth-order valence-corrected chi connectivity index (χ4v) is 1.91. The number of hydrogen-bond donors (Lipinski definition) is 1. The number of likely N-dealkylation sites (N-methyl/N-ethyl adjacent to an activating group) is 1. The molecular formula is C14H32ClNO6. The molecule has 1 N–H and O–H groups in total. The Morgan fingerprint density at radius 1 is 0.864 bits per heavy atom. The van der Waals surface area contributed by atoms with E-state index < -0.39 is 10.2 Å². The highest BCUT2D eigenvalue weighted by molar-refractivity contribution is 4.44. The van der Waals surface area contributed by atoms with Gasteiger partial charge in [0.2, 0.25) is 0 Å². The van der Waals surface area contributed by atoms with Crippen molar-refractivity contribution in [3.63, 3.8) is 0 Å². The summed E-state index contributed by atoms with van der Waals surface area (Å²) in [5, 5.41) is 8.61. The highest BCUT2D eigenvalue weighted by Crippen LogP contribution is 2.08. The maximum atomic E-state index is 8.61. The predicted octanol–water partition coefficient (Wildman–Crippen LogP) is -2.32. The van der Waals surface area contributed by atoms with Crippen molar-refractivity contribution in [2.75, 3.05) is 47.0 Å². The van der Waals surface area contributed by atoms with Crippen LogP contribution in [0.2, 0.25) is 0 Å². The minimum absolute atomic E-state index is 0.130. The van der Waals surface area contributed by atoms with Crippen LogP contribution in [0.3, 0.4) is 0 Å². The molecule has 0 rings (SSSR count). The molecule has 0 radical (unpaired) electrons. The van der Waals surface area contributed by atoms with Crippen LogP contribution in [-0.4, -0.2) is 56.6 Å². The fraction of sp³-hybridized carbons (Fsp3) is 1.00. The van der Waals surface area contributed by atoms with E-state index in [1.165, 1.54) is 45.1 Å². The molecule has 0 aliphatic carbocycles. The van der Waals surface area contributed by atoms with E-state index >= 15 is 0 Å². The van der Waals surface area contributed by atoms with Gasteiger partial charge < -0.3 is 14.3 Å². The first-order chi connectivity index (χ1) is 10.1. The van der Waals surface area contributed by atoms with Crippen molar-refractivity contribution >= 4 is 0 Å². The second-order valence-corrected chi connectivity index (χ2v) is 6.62. The number of ether oxygens (including phenoxy) is 1. The summed E-state index contributed by atoms with van der Waals surface area (Å²) in [4.78, 5) is 0. The van der Waals surface area contributed by atoms with Crippen LogP contribution in [-0.2, 0) is 4.74 Å². The summed E-state index contributed by atoms with van der Waals surface area (Å²) in [6.07, 6.45) is 8.16. The summed E-state index contributed by atoms with van der Waals surface area (Å²) in [5.74, 6) is 0. The second-order valence-electron chi connectivity index (χ2n) is 5.86. The smallest absolute Gasteiger partial charge is 0.102 e. The maximum absolute atomic E-state index is 8.61.